The van der Waals surface area contributed by atoms with E-state index in [1.807, 2.05) is 56.3 Å². The fraction of sp³-hybridized carbons (Fsp3) is 0.118. The molecule has 0 amide bonds. The fourth-order valence-corrected chi connectivity index (χ4v) is 3.14. The summed E-state index contributed by atoms with van der Waals surface area (Å²) in [6.07, 6.45) is 0. The van der Waals surface area contributed by atoms with Crippen molar-refractivity contribution in [1.82, 2.24) is 4.98 Å². The lowest BCUT2D eigenvalue weighted by Gasteiger charge is -2.07. The number of aryl methyl sites for hydroxylation is 1. The van der Waals surface area contributed by atoms with Crippen molar-refractivity contribution in [2.75, 3.05) is 0 Å². The number of allylic oxidation sites excluding steroid dienone is 1. The van der Waals surface area contributed by atoms with Crippen LogP contribution >= 0.6 is 11.3 Å². The van der Waals surface area contributed by atoms with Gasteiger partial charge < -0.3 is 5.11 Å². The number of benzene rings is 2. The van der Waals surface area contributed by atoms with E-state index in [4.69, 9.17) is 0 Å². The molecule has 2 nitrogen and oxygen atoms in total. The van der Waals surface area contributed by atoms with Crippen LogP contribution in [0.1, 0.15) is 23.1 Å². The summed E-state index contributed by atoms with van der Waals surface area (Å²) in [4.78, 5) is 4.59. The summed E-state index contributed by atoms with van der Waals surface area (Å²) >= 11 is 1.61. The lowest BCUT2D eigenvalue weighted by atomic mass is 10.0. The Kier molecular flexibility index (Phi) is 3.28. The van der Waals surface area contributed by atoms with E-state index in [1.54, 1.807) is 11.3 Å². The molecule has 2 aromatic carbocycles. The number of hydrogen-bond acceptors (Lipinski definition) is 3. The maximum Gasteiger partial charge on any atom is 0.128 e. The van der Waals surface area contributed by atoms with Crippen LogP contribution < -0.4 is 0 Å². The van der Waals surface area contributed by atoms with E-state index >= 15 is 0 Å². The van der Waals surface area contributed by atoms with Crippen molar-refractivity contribution in [2.24, 2.45) is 0 Å². The number of aromatic nitrogens is 1. The van der Waals surface area contributed by atoms with Crippen LogP contribution in [0, 0.1) is 6.92 Å². The van der Waals surface area contributed by atoms with Crippen LogP contribution in [0.4, 0.5) is 0 Å². The lowest BCUT2D eigenvalue weighted by Crippen LogP contribution is -1.91. The molecule has 0 spiro atoms. The molecule has 1 aromatic heterocycles. The van der Waals surface area contributed by atoms with Gasteiger partial charge in [0.15, 0.2) is 0 Å². The molecule has 0 aliphatic rings. The summed E-state index contributed by atoms with van der Waals surface area (Å²) in [6.45, 7) is 3.91. The van der Waals surface area contributed by atoms with Crippen molar-refractivity contribution in [3.8, 4) is 0 Å². The minimum Gasteiger partial charge on any atom is -0.507 e. The van der Waals surface area contributed by atoms with Gasteiger partial charge in [0.25, 0.3) is 0 Å². The average molecular weight is 281 g/mol. The van der Waals surface area contributed by atoms with Crippen molar-refractivity contribution in [1.29, 1.82) is 0 Å². The van der Waals surface area contributed by atoms with E-state index in [2.05, 4.69) is 11.1 Å². The molecule has 3 aromatic rings. The van der Waals surface area contributed by atoms with Gasteiger partial charge in [0.05, 0.1) is 10.2 Å². The van der Waals surface area contributed by atoms with Gasteiger partial charge in [0.2, 0.25) is 0 Å². The number of rotatable bonds is 2. The number of aliphatic hydroxyl groups excluding tert-OH is 1. The smallest absolute Gasteiger partial charge is 0.128 e. The van der Waals surface area contributed by atoms with E-state index < -0.39 is 0 Å². The predicted molar refractivity (Wildman–Crippen MR) is 85.9 cm³/mol. The molecular formula is C17H15NOS. The Labute approximate surface area is 122 Å². The van der Waals surface area contributed by atoms with Crippen LogP contribution in [-0.4, -0.2) is 10.1 Å². The minimum atomic E-state index is 0.308. The Hall–Kier alpha value is -2.13. The van der Waals surface area contributed by atoms with Gasteiger partial charge in [0.1, 0.15) is 10.8 Å². The second-order valence-electron chi connectivity index (χ2n) is 4.78. The van der Waals surface area contributed by atoms with Crippen LogP contribution in [0.2, 0.25) is 0 Å². The Balaban J connectivity index is 2.12. The predicted octanol–water partition coefficient (Wildman–Crippen LogP) is 5.05. The van der Waals surface area contributed by atoms with Crippen molar-refractivity contribution in [2.45, 2.75) is 13.8 Å². The van der Waals surface area contributed by atoms with Crippen molar-refractivity contribution >= 4 is 32.9 Å². The molecule has 3 rings (SSSR count). The summed E-state index contributed by atoms with van der Waals surface area (Å²) in [5.74, 6) is 0.308. The van der Waals surface area contributed by atoms with E-state index in [0.717, 1.165) is 31.9 Å². The normalized spacial score (nSPS) is 12.5. The van der Waals surface area contributed by atoms with Crippen molar-refractivity contribution < 1.29 is 5.11 Å². The van der Waals surface area contributed by atoms with Gasteiger partial charge in [-0.15, -0.1) is 11.3 Å². The van der Waals surface area contributed by atoms with Gasteiger partial charge in [-0.1, -0.05) is 36.4 Å². The Morgan fingerprint density at radius 1 is 1.05 bits per heavy atom. The molecule has 20 heavy (non-hydrogen) atoms. The summed E-state index contributed by atoms with van der Waals surface area (Å²) in [6, 6.07) is 15.9. The largest absolute Gasteiger partial charge is 0.507 e. The summed E-state index contributed by atoms with van der Waals surface area (Å²) in [7, 11) is 0. The molecule has 100 valence electrons. The first kappa shape index (κ1) is 12.9. The topological polar surface area (TPSA) is 33.1 Å². The number of fused-ring (bicyclic) bond motifs is 1. The molecule has 3 heteroatoms. The van der Waals surface area contributed by atoms with Crippen LogP contribution in [0.15, 0.2) is 48.5 Å². The molecule has 0 saturated carbocycles. The Morgan fingerprint density at radius 2 is 1.75 bits per heavy atom. The van der Waals surface area contributed by atoms with Crippen molar-refractivity contribution in [3.63, 3.8) is 0 Å². The quantitative estimate of drug-likeness (QED) is 0.667. The molecule has 0 aliphatic carbocycles. The maximum absolute atomic E-state index is 10.5. The molecule has 0 aliphatic heterocycles. The zero-order valence-electron chi connectivity index (χ0n) is 11.4. The Bertz CT molecular complexity index is 768. The molecule has 0 saturated heterocycles. The monoisotopic (exact) mass is 281 g/mol. The second kappa shape index (κ2) is 5.10. The number of thiazole rings is 1. The summed E-state index contributed by atoms with van der Waals surface area (Å²) in [5, 5.41) is 11.4. The SMILES string of the molecule is CC(=C(O)c1ccccc1C)c1nc2ccccc2s1. The highest BCUT2D eigenvalue weighted by atomic mass is 32.1. The van der Waals surface area contributed by atoms with Gasteiger partial charge in [-0.3, -0.25) is 0 Å². The van der Waals surface area contributed by atoms with Crippen LogP contribution in [-0.2, 0) is 0 Å². The van der Waals surface area contributed by atoms with Crippen LogP contribution in [0.5, 0.6) is 0 Å². The lowest BCUT2D eigenvalue weighted by molar-refractivity contribution is 0.512. The number of para-hydroxylation sites is 1. The highest BCUT2D eigenvalue weighted by Gasteiger charge is 2.12. The number of nitrogens with zero attached hydrogens (tertiary/aromatic N) is 1. The van der Waals surface area contributed by atoms with Gasteiger partial charge in [-0.05, 0) is 31.5 Å². The third-order valence-corrected chi connectivity index (χ3v) is 4.53. The molecule has 0 unspecified atom stereocenters. The highest BCUT2D eigenvalue weighted by Crippen LogP contribution is 2.31. The minimum absolute atomic E-state index is 0.308. The van der Waals surface area contributed by atoms with Gasteiger partial charge >= 0.3 is 0 Å². The zero-order valence-corrected chi connectivity index (χ0v) is 12.2. The second-order valence-corrected chi connectivity index (χ2v) is 5.81. The highest BCUT2D eigenvalue weighted by molar-refractivity contribution is 7.19. The van der Waals surface area contributed by atoms with Crippen LogP contribution in [0.25, 0.3) is 21.5 Å². The van der Waals surface area contributed by atoms with Gasteiger partial charge in [0, 0.05) is 11.1 Å². The van der Waals surface area contributed by atoms with Crippen LogP contribution in [0.3, 0.4) is 0 Å². The maximum atomic E-state index is 10.5. The van der Waals surface area contributed by atoms with E-state index in [0.29, 0.717) is 5.76 Å². The third kappa shape index (κ3) is 2.21. The van der Waals surface area contributed by atoms with Gasteiger partial charge in [-0.2, -0.15) is 0 Å². The third-order valence-electron chi connectivity index (χ3n) is 3.37. The number of aliphatic hydroxyl groups is 1. The fourth-order valence-electron chi connectivity index (χ4n) is 2.17. The number of hydrogen-bond donors (Lipinski definition) is 1. The molecule has 0 bridgehead atoms. The summed E-state index contributed by atoms with van der Waals surface area (Å²) in [5.41, 5.74) is 3.72. The summed E-state index contributed by atoms with van der Waals surface area (Å²) < 4.78 is 1.14. The van der Waals surface area contributed by atoms with Crippen molar-refractivity contribution in [3.05, 3.63) is 64.7 Å². The molecule has 0 fully saturated rings. The standard InChI is InChI=1S/C17H15NOS/c1-11-7-3-4-8-13(11)16(19)12(2)17-18-14-9-5-6-10-15(14)20-17/h3-10,19H,1-2H3. The first-order valence-corrected chi connectivity index (χ1v) is 7.30. The first-order chi connectivity index (χ1) is 9.66. The van der Waals surface area contributed by atoms with E-state index in [-0.39, 0.29) is 0 Å². The van der Waals surface area contributed by atoms with E-state index in [1.165, 1.54) is 0 Å². The Morgan fingerprint density at radius 3 is 2.50 bits per heavy atom. The average Bonchev–Trinajstić information content (AvgIpc) is 2.90. The van der Waals surface area contributed by atoms with E-state index in [9.17, 15) is 5.11 Å². The molecule has 1 N–H and O–H groups in total. The zero-order chi connectivity index (χ0) is 14.1. The first-order valence-electron chi connectivity index (χ1n) is 6.48. The molecule has 0 atom stereocenters. The molecule has 1 heterocycles. The molecular weight excluding hydrogens is 266 g/mol. The molecule has 0 radical (unpaired) electrons. The van der Waals surface area contributed by atoms with Gasteiger partial charge in [-0.25, -0.2) is 4.98 Å².